The highest BCUT2D eigenvalue weighted by Crippen LogP contribution is 2.35. The first-order valence-electron chi connectivity index (χ1n) is 10.7. The van der Waals surface area contributed by atoms with Gasteiger partial charge in [-0.2, -0.15) is 4.98 Å². The average molecular weight is 412 g/mol. The summed E-state index contributed by atoms with van der Waals surface area (Å²) in [7, 11) is 1.68. The number of nitrogen functional groups attached to an aromatic ring is 1. The molecule has 0 saturated heterocycles. The molecule has 7 heteroatoms. The van der Waals surface area contributed by atoms with Crippen molar-refractivity contribution >= 4 is 17.5 Å². The topological polar surface area (TPSA) is 94.2 Å². The van der Waals surface area contributed by atoms with Gasteiger partial charge in [0.1, 0.15) is 11.6 Å². The smallest absolute Gasteiger partial charge is 0.222 e. The monoisotopic (exact) mass is 411 g/mol. The highest BCUT2D eigenvalue weighted by molar-refractivity contribution is 6.05. The summed E-state index contributed by atoms with van der Waals surface area (Å²) in [5, 5.41) is 0. The SMILES string of the molecule is CCC(CC)CC1CN(Cc2ncc(C)c(OC)c2C)c2nc(N)nc(C)c2C1=O. The zero-order valence-electron chi connectivity index (χ0n) is 19.0. The van der Waals surface area contributed by atoms with E-state index in [-0.39, 0.29) is 17.6 Å². The predicted molar refractivity (Wildman–Crippen MR) is 119 cm³/mol. The number of fused-ring (bicyclic) bond motifs is 1. The van der Waals surface area contributed by atoms with Gasteiger partial charge in [0.25, 0.3) is 0 Å². The van der Waals surface area contributed by atoms with Crippen molar-refractivity contribution < 1.29 is 9.53 Å². The molecule has 2 aromatic heterocycles. The summed E-state index contributed by atoms with van der Waals surface area (Å²) in [6.45, 7) is 11.4. The molecule has 2 N–H and O–H groups in total. The van der Waals surface area contributed by atoms with Crippen molar-refractivity contribution in [3.8, 4) is 5.75 Å². The summed E-state index contributed by atoms with van der Waals surface area (Å²) < 4.78 is 5.57. The Hall–Kier alpha value is -2.70. The average Bonchev–Trinajstić information content (AvgIpc) is 2.70. The molecule has 7 nitrogen and oxygen atoms in total. The molecule has 162 valence electrons. The maximum atomic E-state index is 13.3. The van der Waals surface area contributed by atoms with Gasteiger partial charge in [0.2, 0.25) is 5.95 Å². The van der Waals surface area contributed by atoms with Crippen molar-refractivity contribution in [1.29, 1.82) is 0 Å². The van der Waals surface area contributed by atoms with Crippen LogP contribution in [-0.2, 0) is 6.54 Å². The molecule has 0 aliphatic carbocycles. The van der Waals surface area contributed by atoms with E-state index in [0.717, 1.165) is 41.8 Å². The first kappa shape index (κ1) is 22.0. The predicted octanol–water partition coefficient (Wildman–Crippen LogP) is 4.03. The molecule has 0 aromatic carbocycles. The summed E-state index contributed by atoms with van der Waals surface area (Å²) in [5.41, 5.74) is 10.1. The first-order valence-corrected chi connectivity index (χ1v) is 10.7. The summed E-state index contributed by atoms with van der Waals surface area (Å²) in [5.74, 6) is 2.23. The van der Waals surface area contributed by atoms with Crippen molar-refractivity contribution in [1.82, 2.24) is 15.0 Å². The lowest BCUT2D eigenvalue weighted by molar-refractivity contribution is 0.0891. The van der Waals surface area contributed by atoms with Crippen molar-refractivity contribution in [3.05, 3.63) is 34.3 Å². The molecule has 0 saturated carbocycles. The van der Waals surface area contributed by atoms with E-state index < -0.39 is 0 Å². The van der Waals surface area contributed by atoms with Crippen LogP contribution in [0.25, 0.3) is 0 Å². The number of hydrogen-bond acceptors (Lipinski definition) is 7. The van der Waals surface area contributed by atoms with Gasteiger partial charge in [-0.25, -0.2) is 4.98 Å². The minimum atomic E-state index is -0.0824. The van der Waals surface area contributed by atoms with Crippen LogP contribution >= 0.6 is 0 Å². The van der Waals surface area contributed by atoms with Crippen molar-refractivity contribution in [3.63, 3.8) is 0 Å². The summed E-state index contributed by atoms with van der Waals surface area (Å²) in [6, 6.07) is 0. The zero-order valence-corrected chi connectivity index (χ0v) is 19.0. The number of pyridine rings is 1. The largest absolute Gasteiger partial charge is 0.496 e. The quantitative estimate of drug-likeness (QED) is 0.735. The van der Waals surface area contributed by atoms with Crippen LogP contribution in [0.15, 0.2) is 6.20 Å². The van der Waals surface area contributed by atoms with Gasteiger partial charge in [-0.3, -0.25) is 9.78 Å². The van der Waals surface area contributed by atoms with Gasteiger partial charge in [-0.15, -0.1) is 0 Å². The molecule has 0 amide bonds. The van der Waals surface area contributed by atoms with E-state index in [2.05, 4.69) is 33.7 Å². The fraction of sp³-hybridized carbons (Fsp3) is 0.565. The Morgan fingerprint density at radius 2 is 1.93 bits per heavy atom. The normalized spacial score (nSPS) is 16.2. The van der Waals surface area contributed by atoms with Gasteiger partial charge in [-0.05, 0) is 33.1 Å². The second-order valence-electron chi connectivity index (χ2n) is 8.27. The number of ketones is 1. The fourth-order valence-corrected chi connectivity index (χ4v) is 4.49. The Bertz CT molecular complexity index is 940. The Kier molecular flexibility index (Phi) is 6.58. The van der Waals surface area contributed by atoms with Crippen LogP contribution in [-0.4, -0.2) is 34.4 Å². The van der Waals surface area contributed by atoms with Crippen LogP contribution < -0.4 is 15.4 Å². The highest BCUT2D eigenvalue weighted by Gasteiger charge is 2.36. The maximum Gasteiger partial charge on any atom is 0.222 e. The van der Waals surface area contributed by atoms with Crippen LogP contribution in [0.2, 0.25) is 0 Å². The molecule has 3 rings (SSSR count). The third-order valence-electron chi connectivity index (χ3n) is 6.31. The molecule has 0 bridgehead atoms. The number of rotatable bonds is 7. The lowest BCUT2D eigenvalue weighted by Gasteiger charge is -2.36. The van der Waals surface area contributed by atoms with E-state index in [1.807, 2.05) is 27.0 Å². The number of Topliss-reactive ketones (excluding diaryl/α,β-unsaturated/α-hetero) is 1. The molecule has 1 atom stereocenters. The van der Waals surface area contributed by atoms with Gasteiger partial charge in [0.05, 0.1) is 30.6 Å². The van der Waals surface area contributed by atoms with Gasteiger partial charge in [0, 0.05) is 29.8 Å². The van der Waals surface area contributed by atoms with Crippen LogP contribution in [0.4, 0.5) is 11.8 Å². The lowest BCUT2D eigenvalue weighted by Crippen LogP contribution is -2.41. The molecule has 1 unspecified atom stereocenters. The minimum absolute atomic E-state index is 0.0824. The maximum absolute atomic E-state index is 13.3. The van der Waals surface area contributed by atoms with Crippen molar-refractivity contribution in [2.24, 2.45) is 11.8 Å². The number of nitrogens with zero attached hydrogens (tertiary/aromatic N) is 4. The Morgan fingerprint density at radius 1 is 1.23 bits per heavy atom. The van der Waals surface area contributed by atoms with Gasteiger partial charge in [0.15, 0.2) is 5.78 Å². The summed E-state index contributed by atoms with van der Waals surface area (Å²) in [6.07, 6.45) is 4.84. The number of nitrogens with two attached hydrogens (primary N) is 1. The van der Waals surface area contributed by atoms with Gasteiger partial charge >= 0.3 is 0 Å². The molecule has 2 aromatic rings. The molecule has 0 spiro atoms. The Labute approximate surface area is 179 Å². The van der Waals surface area contributed by atoms with Crippen molar-refractivity contribution in [2.75, 3.05) is 24.3 Å². The van der Waals surface area contributed by atoms with Crippen LogP contribution in [0.3, 0.4) is 0 Å². The van der Waals surface area contributed by atoms with E-state index in [1.165, 1.54) is 0 Å². The number of hydrogen-bond donors (Lipinski definition) is 1. The number of carbonyl (C=O) groups is 1. The van der Waals surface area contributed by atoms with E-state index in [1.54, 1.807) is 7.11 Å². The number of aryl methyl sites for hydroxylation is 2. The number of aromatic nitrogens is 3. The second kappa shape index (κ2) is 8.98. The molecule has 0 fully saturated rings. The third-order valence-corrected chi connectivity index (χ3v) is 6.31. The van der Waals surface area contributed by atoms with E-state index >= 15 is 0 Å². The van der Waals surface area contributed by atoms with Crippen LogP contribution in [0, 0.1) is 32.6 Å². The fourth-order valence-electron chi connectivity index (χ4n) is 4.49. The summed E-state index contributed by atoms with van der Waals surface area (Å²) >= 11 is 0. The second-order valence-corrected chi connectivity index (χ2v) is 8.27. The Morgan fingerprint density at radius 3 is 2.57 bits per heavy atom. The highest BCUT2D eigenvalue weighted by atomic mass is 16.5. The van der Waals surface area contributed by atoms with Crippen LogP contribution in [0.1, 0.15) is 66.0 Å². The van der Waals surface area contributed by atoms with Gasteiger partial charge < -0.3 is 15.4 Å². The number of carbonyl (C=O) groups excluding carboxylic acids is 1. The standard InChI is InChI=1S/C23H33N5O2/c1-7-16(8-2)9-17-11-28(12-18-14(4)21(30-6)13(3)10-25-18)22-19(20(17)29)15(5)26-23(24)27-22/h10,16-17H,7-9,11-12H2,1-6H3,(H2,24,26,27). The number of methoxy groups -OCH3 is 1. The Balaban J connectivity index is 2.03. The van der Waals surface area contributed by atoms with E-state index in [4.69, 9.17) is 10.5 Å². The molecular formula is C23H33N5O2. The first-order chi connectivity index (χ1) is 14.3. The molecule has 0 radical (unpaired) electrons. The molecule has 30 heavy (non-hydrogen) atoms. The number of anilines is 2. The van der Waals surface area contributed by atoms with Crippen molar-refractivity contribution in [2.45, 2.75) is 60.4 Å². The van der Waals surface area contributed by atoms with E-state index in [0.29, 0.717) is 36.1 Å². The lowest BCUT2D eigenvalue weighted by atomic mass is 9.83. The molecular weight excluding hydrogens is 378 g/mol. The molecule has 1 aliphatic heterocycles. The van der Waals surface area contributed by atoms with Gasteiger partial charge in [-0.1, -0.05) is 26.7 Å². The number of ether oxygens (including phenoxy) is 1. The zero-order chi connectivity index (χ0) is 22.0. The summed E-state index contributed by atoms with van der Waals surface area (Å²) in [4.78, 5) is 28.9. The molecule has 3 heterocycles. The van der Waals surface area contributed by atoms with E-state index in [9.17, 15) is 4.79 Å². The minimum Gasteiger partial charge on any atom is -0.496 e. The van der Waals surface area contributed by atoms with Crippen LogP contribution in [0.5, 0.6) is 5.75 Å². The molecule has 1 aliphatic rings. The third kappa shape index (κ3) is 4.11.